The van der Waals surface area contributed by atoms with Gasteiger partial charge in [0.1, 0.15) is 10.7 Å². The molecule has 0 bridgehead atoms. The summed E-state index contributed by atoms with van der Waals surface area (Å²) in [6.45, 7) is 10.2. The number of nitrogens with one attached hydrogen (secondary N) is 1. The van der Waals surface area contributed by atoms with E-state index in [-0.39, 0.29) is 18.2 Å². The molecule has 23 heavy (non-hydrogen) atoms. The number of rotatable bonds is 8. The van der Waals surface area contributed by atoms with E-state index in [1.54, 1.807) is 11.3 Å². The third kappa shape index (κ3) is 4.00. The van der Waals surface area contributed by atoms with Crippen LogP contribution >= 0.6 is 11.3 Å². The average molecular weight is 337 g/mol. The molecule has 0 aliphatic carbocycles. The number of aromatic amines is 1. The van der Waals surface area contributed by atoms with Crippen molar-refractivity contribution in [3.05, 3.63) is 26.6 Å². The van der Waals surface area contributed by atoms with Crippen LogP contribution in [0.15, 0.2) is 4.79 Å². The standard InChI is InChI=1S/C17H27N3O2S/c1-5-6-8-20(9-7-10-21)12(3)15-18-16(22)14-11(2)13(4)23-17(14)19-15/h12,21H,5-10H2,1-4H3,(H,18,19,22). The van der Waals surface area contributed by atoms with Gasteiger partial charge in [0.2, 0.25) is 0 Å². The summed E-state index contributed by atoms with van der Waals surface area (Å²) >= 11 is 1.58. The van der Waals surface area contributed by atoms with Crippen molar-refractivity contribution in [2.45, 2.75) is 53.0 Å². The van der Waals surface area contributed by atoms with Crippen LogP contribution in [0.3, 0.4) is 0 Å². The number of thiophene rings is 1. The van der Waals surface area contributed by atoms with Crippen LogP contribution in [0.2, 0.25) is 0 Å². The summed E-state index contributed by atoms with van der Waals surface area (Å²) < 4.78 is 0. The third-order valence-electron chi connectivity index (χ3n) is 4.40. The number of fused-ring (bicyclic) bond motifs is 1. The Balaban J connectivity index is 2.34. The number of aliphatic hydroxyl groups excluding tert-OH is 1. The molecule has 5 nitrogen and oxygen atoms in total. The first-order chi connectivity index (χ1) is 11.0. The molecule has 0 saturated heterocycles. The van der Waals surface area contributed by atoms with Crippen LogP contribution < -0.4 is 5.56 Å². The second-order valence-electron chi connectivity index (χ2n) is 6.06. The lowest BCUT2D eigenvalue weighted by atomic mass is 10.2. The van der Waals surface area contributed by atoms with Gasteiger partial charge in [-0.05, 0) is 45.7 Å². The molecule has 128 valence electrons. The first-order valence-corrected chi connectivity index (χ1v) is 9.16. The van der Waals surface area contributed by atoms with Crippen LogP contribution in [-0.2, 0) is 0 Å². The summed E-state index contributed by atoms with van der Waals surface area (Å²) in [6.07, 6.45) is 2.95. The van der Waals surface area contributed by atoms with Gasteiger partial charge in [0, 0.05) is 18.0 Å². The molecule has 0 spiro atoms. The van der Waals surface area contributed by atoms with E-state index in [0.717, 1.165) is 58.8 Å². The van der Waals surface area contributed by atoms with Crippen LogP contribution in [0, 0.1) is 13.8 Å². The molecule has 0 fully saturated rings. The fraction of sp³-hybridized carbons (Fsp3) is 0.647. The maximum atomic E-state index is 12.4. The molecule has 0 amide bonds. The Morgan fingerprint density at radius 2 is 2.00 bits per heavy atom. The van der Waals surface area contributed by atoms with Crippen molar-refractivity contribution in [2.24, 2.45) is 0 Å². The molecule has 0 radical (unpaired) electrons. The number of hydrogen-bond donors (Lipinski definition) is 2. The Morgan fingerprint density at radius 1 is 1.30 bits per heavy atom. The summed E-state index contributed by atoms with van der Waals surface area (Å²) in [5.41, 5.74) is 0.984. The van der Waals surface area contributed by atoms with E-state index in [0.29, 0.717) is 0 Å². The fourth-order valence-corrected chi connectivity index (χ4v) is 3.81. The Hall–Kier alpha value is -1.24. The molecule has 6 heteroatoms. The van der Waals surface area contributed by atoms with Crippen LogP contribution in [0.1, 0.15) is 55.4 Å². The molecule has 2 heterocycles. The molecule has 1 unspecified atom stereocenters. The summed E-state index contributed by atoms with van der Waals surface area (Å²) in [5, 5.41) is 9.83. The highest BCUT2D eigenvalue weighted by molar-refractivity contribution is 7.18. The maximum absolute atomic E-state index is 12.4. The molecule has 0 aliphatic rings. The quantitative estimate of drug-likeness (QED) is 0.776. The van der Waals surface area contributed by atoms with Gasteiger partial charge in [-0.25, -0.2) is 4.98 Å². The molecular formula is C17H27N3O2S. The fourth-order valence-electron chi connectivity index (χ4n) is 2.78. The number of aromatic nitrogens is 2. The van der Waals surface area contributed by atoms with Gasteiger partial charge in [-0.15, -0.1) is 11.3 Å². The highest BCUT2D eigenvalue weighted by Crippen LogP contribution is 2.27. The zero-order valence-electron chi connectivity index (χ0n) is 14.5. The topological polar surface area (TPSA) is 69.2 Å². The molecular weight excluding hydrogens is 310 g/mol. The number of aliphatic hydroxyl groups is 1. The smallest absolute Gasteiger partial charge is 0.259 e. The zero-order chi connectivity index (χ0) is 17.0. The van der Waals surface area contributed by atoms with E-state index in [9.17, 15) is 4.79 Å². The summed E-state index contributed by atoms with van der Waals surface area (Å²) in [6, 6.07) is 0.0351. The minimum atomic E-state index is -0.0451. The lowest BCUT2D eigenvalue weighted by Gasteiger charge is -2.28. The normalized spacial score (nSPS) is 13.1. The first-order valence-electron chi connectivity index (χ1n) is 8.34. The van der Waals surface area contributed by atoms with Crippen molar-refractivity contribution in [3.63, 3.8) is 0 Å². The molecule has 2 aromatic rings. The maximum Gasteiger partial charge on any atom is 0.259 e. The summed E-state index contributed by atoms with van der Waals surface area (Å²) in [7, 11) is 0. The molecule has 2 rings (SSSR count). The van der Waals surface area contributed by atoms with E-state index in [1.165, 1.54) is 0 Å². The first kappa shape index (κ1) is 18.1. The Kier molecular flexibility index (Phi) is 6.33. The van der Waals surface area contributed by atoms with Gasteiger partial charge < -0.3 is 10.1 Å². The van der Waals surface area contributed by atoms with Crippen LogP contribution in [0.4, 0.5) is 0 Å². The second kappa shape index (κ2) is 8.04. The molecule has 0 aromatic carbocycles. The lowest BCUT2D eigenvalue weighted by Crippen LogP contribution is -2.32. The Morgan fingerprint density at radius 3 is 2.65 bits per heavy atom. The average Bonchev–Trinajstić information content (AvgIpc) is 2.82. The number of nitrogens with zero attached hydrogens (tertiary/aromatic N) is 2. The highest BCUT2D eigenvalue weighted by atomic mass is 32.1. The van der Waals surface area contributed by atoms with Gasteiger partial charge in [0.25, 0.3) is 5.56 Å². The number of aryl methyl sites for hydroxylation is 2. The van der Waals surface area contributed by atoms with E-state index in [2.05, 4.69) is 23.7 Å². The van der Waals surface area contributed by atoms with Crippen LogP contribution in [-0.4, -0.2) is 39.7 Å². The van der Waals surface area contributed by atoms with Gasteiger partial charge >= 0.3 is 0 Å². The van der Waals surface area contributed by atoms with E-state index >= 15 is 0 Å². The molecule has 1 atom stereocenters. The van der Waals surface area contributed by atoms with Gasteiger partial charge in [0.05, 0.1) is 11.4 Å². The van der Waals surface area contributed by atoms with Crippen LogP contribution in [0.25, 0.3) is 10.2 Å². The predicted octanol–water partition coefficient (Wildman–Crippen LogP) is 3.15. The number of unbranched alkanes of at least 4 members (excludes halogenated alkanes) is 1. The van der Waals surface area contributed by atoms with Crippen molar-refractivity contribution >= 4 is 21.6 Å². The van der Waals surface area contributed by atoms with Crippen molar-refractivity contribution < 1.29 is 5.11 Å². The summed E-state index contributed by atoms with van der Waals surface area (Å²) in [5.74, 6) is 0.720. The molecule has 0 aliphatic heterocycles. The largest absolute Gasteiger partial charge is 0.396 e. The minimum absolute atomic E-state index is 0.0351. The van der Waals surface area contributed by atoms with E-state index in [1.807, 2.05) is 13.8 Å². The Bertz CT molecular complexity index is 700. The molecule has 2 N–H and O–H groups in total. The number of H-pyrrole nitrogens is 1. The van der Waals surface area contributed by atoms with E-state index < -0.39 is 0 Å². The monoisotopic (exact) mass is 337 g/mol. The van der Waals surface area contributed by atoms with Crippen molar-refractivity contribution in [2.75, 3.05) is 19.7 Å². The lowest BCUT2D eigenvalue weighted by molar-refractivity contribution is 0.176. The van der Waals surface area contributed by atoms with Crippen molar-refractivity contribution in [3.8, 4) is 0 Å². The van der Waals surface area contributed by atoms with Gasteiger partial charge in [-0.2, -0.15) is 0 Å². The van der Waals surface area contributed by atoms with Gasteiger partial charge in [0.15, 0.2) is 0 Å². The van der Waals surface area contributed by atoms with Gasteiger partial charge in [-0.1, -0.05) is 13.3 Å². The van der Waals surface area contributed by atoms with Crippen LogP contribution in [0.5, 0.6) is 0 Å². The predicted molar refractivity (Wildman–Crippen MR) is 96.3 cm³/mol. The summed E-state index contributed by atoms with van der Waals surface area (Å²) in [4.78, 5) is 24.4. The zero-order valence-corrected chi connectivity index (χ0v) is 15.3. The van der Waals surface area contributed by atoms with Crippen molar-refractivity contribution in [1.29, 1.82) is 0 Å². The molecule has 2 aromatic heterocycles. The van der Waals surface area contributed by atoms with E-state index in [4.69, 9.17) is 10.1 Å². The minimum Gasteiger partial charge on any atom is -0.396 e. The van der Waals surface area contributed by atoms with Gasteiger partial charge in [-0.3, -0.25) is 9.69 Å². The third-order valence-corrected chi connectivity index (χ3v) is 5.50. The SMILES string of the molecule is CCCCN(CCCO)C(C)c1nc2sc(C)c(C)c2c(=O)[nH]1. The number of hydrogen-bond acceptors (Lipinski definition) is 5. The molecule has 0 saturated carbocycles. The van der Waals surface area contributed by atoms with Crippen molar-refractivity contribution in [1.82, 2.24) is 14.9 Å². The second-order valence-corrected chi connectivity index (χ2v) is 7.26. The Labute approximate surface area is 141 Å². The highest BCUT2D eigenvalue weighted by Gasteiger charge is 2.20.